The van der Waals surface area contributed by atoms with Crippen molar-refractivity contribution in [3.05, 3.63) is 0 Å². The predicted octanol–water partition coefficient (Wildman–Crippen LogP) is 0.716. The van der Waals surface area contributed by atoms with E-state index in [0.29, 0.717) is 38.5 Å². The van der Waals surface area contributed by atoms with Crippen molar-refractivity contribution in [3.8, 4) is 12.1 Å². The van der Waals surface area contributed by atoms with Crippen LogP contribution in [0, 0.1) is 22.7 Å². The molecular weight excluding hydrogens is 266 g/mol. The minimum atomic E-state index is 0.0286. The molecule has 0 saturated carbocycles. The van der Waals surface area contributed by atoms with E-state index in [1.807, 2.05) is 0 Å². The van der Waals surface area contributed by atoms with Crippen LogP contribution >= 0.6 is 0 Å². The summed E-state index contributed by atoms with van der Waals surface area (Å²) in [6.07, 6.45) is 2.77. The average Bonchev–Trinajstić information content (AvgIpc) is 2.53. The molecule has 6 nitrogen and oxygen atoms in total. The van der Waals surface area contributed by atoms with Crippen LogP contribution in [0.5, 0.6) is 0 Å². The van der Waals surface area contributed by atoms with Crippen LogP contribution in [0.4, 0.5) is 0 Å². The van der Waals surface area contributed by atoms with Crippen LogP contribution < -0.4 is 5.32 Å². The number of likely N-dealkylation sites (N-methyl/N-ethyl adjacent to an activating group) is 1. The first-order chi connectivity index (χ1) is 10.2. The molecule has 1 heterocycles. The van der Waals surface area contributed by atoms with Crippen molar-refractivity contribution in [1.29, 1.82) is 10.5 Å². The summed E-state index contributed by atoms with van der Waals surface area (Å²) >= 11 is 0. The molecule has 116 valence electrons. The molecule has 0 aromatic carbocycles. The number of piperidine rings is 1. The lowest BCUT2D eigenvalue weighted by atomic mass is 10.0. The van der Waals surface area contributed by atoms with Crippen molar-refractivity contribution in [1.82, 2.24) is 15.1 Å². The topological polar surface area (TPSA) is 83.2 Å². The number of nitrogens with one attached hydrogen (secondary N) is 1. The van der Waals surface area contributed by atoms with Gasteiger partial charge in [-0.1, -0.05) is 6.92 Å². The summed E-state index contributed by atoms with van der Waals surface area (Å²) in [4.78, 5) is 16.3. The van der Waals surface area contributed by atoms with E-state index in [9.17, 15) is 4.79 Å². The van der Waals surface area contributed by atoms with Crippen molar-refractivity contribution in [2.45, 2.75) is 38.6 Å². The Bertz CT molecular complexity index is 374. The Morgan fingerprint density at radius 2 is 1.76 bits per heavy atom. The van der Waals surface area contributed by atoms with E-state index in [0.717, 1.165) is 32.5 Å². The minimum Gasteiger partial charge on any atom is -0.340 e. The van der Waals surface area contributed by atoms with E-state index in [-0.39, 0.29) is 5.91 Å². The number of carbonyl (C=O) groups is 1. The van der Waals surface area contributed by atoms with Crippen LogP contribution in [-0.2, 0) is 4.79 Å². The zero-order valence-electron chi connectivity index (χ0n) is 12.8. The number of hydrogen-bond acceptors (Lipinski definition) is 5. The van der Waals surface area contributed by atoms with Gasteiger partial charge in [0.25, 0.3) is 0 Å². The van der Waals surface area contributed by atoms with E-state index in [2.05, 4.69) is 29.3 Å². The van der Waals surface area contributed by atoms with Crippen LogP contribution in [0.15, 0.2) is 0 Å². The van der Waals surface area contributed by atoms with E-state index >= 15 is 0 Å². The fraction of sp³-hybridized carbons (Fsp3) is 0.800. The van der Waals surface area contributed by atoms with E-state index in [1.54, 1.807) is 4.90 Å². The molecule has 0 aliphatic carbocycles. The van der Waals surface area contributed by atoms with Crippen LogP contribution in [0.1, 0.15) is 32.6 Å². The van der Waals surface area contributed by atoms with Crippen LogP contribution in [0.2, 0.25) is 0 Å². The Balaban J connectivity index is 2.55. The lowest BCUT2D eigenvalue weighted by Gasteiger charge is -2.34. The third-order valence-corrected chi connectivity index (χ3v) is 3.91. The number of hydrogen-bond donors (Lipinski definition) is 1. The molecule has 6 heteroatoms. The van der Waals surface area contributed by atoms with Crippen molar-refractivity contribution < 1.29 is 4.79 Å². The highest BCUT2D eigenvalue weighted by Gasteiger charge is 2.23. The van der Waals surface area contributed by atoms with Gasteiger partial charge >= 0.3 is 0 Å². The van der Waals surface area contributed by atoms with Gasteiger partial charge in [0.2, 0.25) is 5.91 Å². The van der Waals surface area contributed by atoms with E-state index in [4.69, 9.17) is 10.5 Å². The molecule has 1 saturated heterocycles. The number of carbonyl (C=O) groups excluding carboxylic acids is 1. The van der Waals surface area contributed by atoms with Gasteiger partial charge in [0, 0.05) is 19.1 Å². The standard InChI is InChI=1S/C15H25N5O/c1-2-19(14-5-9-18-10-6-14)13-15(21)20(11-3-7-16)12-4-8-17/h14,18H,2-6,9-13H2,1H3. The summed E-state index contributed by atoms with van der Waals surface area (Å²) in [5.41, 5.74) is 0. The molecule has 0 atom stereocenters. The van der Waals surface area contributed by atoms with Crippen molar-refractivity contribution in [2.24, 2.45) is 0 Å². The maximum absolute atomic E-state index is 12.4. The van der Waals surface area contributed by atoms with Crippen molar-refractivity contribution in [3.63, 3.8) is 0 Å². The Morgan fingerprint density at radius 1 is 1.19 bits per heavy atom. The third kappa shape index (κ3) is 6.12. The van der Waals surface area contributed by atoms with Gasteiger partial charge in [0.15, 0.2) is 0 Å². The highest BCUT2D eigenvalue weighted by molar-refractivity contribution is 5.78. The van der Waals surface area contributed by atoms with Gasteiger partial charge in [0.1, 0.15) is 0 Å². The second-order valence-corrected chi connectivity index (χ2v) is 5.24. The van der Waals surface area contributed by atoms with Gasteiger partial charge in [-0.2, -0.15) is 10.5 Å². The van der Waals surface area contributed by atoms with Gasteiger partial charge in [0.05, 0.1) is 31.5 Å². The van der Waals surface area contributed by atoms with Crippen molar-refractivity contribution >= 4 is 5.91 Å². The number of nitrogens with zero attached hydrogens (tertiary/aromatic N) is 4. The fourth-order valence-corrected chi connectivity index (χ4v) is 2.68. The zero-order chi connectivity index (χ0) is 15.5. The second kappa shape index (κ2) is 10.1. The summed E-state index contributed by atoms with van der Waals surface area (Å²) in [6.45, 7) is 6.15. The summed E-state index contributed by atoms with van der Waals surface area (Å²) in [5, 5.41) is 20.7. The Kier molecular flexibility index (Phi) is 8.42. The molecule has 1 amide bonds. The molecule has 0 spiro atoms. The van der Waals surface area contributed by atoms with Crippen LogP contribution in [0.3, 0.4) is 0 Å². The molecule has 0 unspecified atom stereocenters. The second-order valence-electron chi connectivity index (χ2n) is 5.24. The summed E-state index contributed by atoms with van der Waals surface area (Å²) in [5.74, 6) is 0.0286. The summed E-state index contributed by atoms with van der Waals surface area (Å²) in [7, 11) is 0. The molecule has 21 heavy (non-hydrogen) atoms. The lowest BCUT2D eigenvalue weighted by Crippen LogP contribution is -2.48. The Labute approximate surface area is 127 Å². The molecule has 1 aliphatic rings. The van der Waals surface area contributed by atoms with E-state index in [1.165, 1.54) is 0 Å². The summed E-state index contributed by atoms with van der Waals surface area (Å²) in [6, 6.07) is 4.58. The largest absolute Gasteiger partial charge is 0.340 e. The maximum atomic E-state index is 12.4. The number of rotatable bonds is 8. The maximum Gasteiger partial charge on any atom is 0.236 e. The highest BCUT2D eigenvalue weighted by Crippen LogP contribution is 2.12. The average molecular weight is 291 g/mol. The molecule has 0 aromatic heterocycles. The zero-order valence-corrected chi connectivity index (χ0v) is 12.8. The lowest BCUT2D eigenvalue weighted by molar-refractivity contribution is -0.133. The molecule has 1 rings (SSSR count). The molecular formula is C15H25N5O. The van der Waals surface area contributed by atoms with Crippen LogP contribution in [-0.4, -0.2) is 61.0 Å². The summed E-state index contributed by atoms with van der Waals surface area (Å²) < 4.78 is 0. The molecule has 1 aliphatic heterocycles. The van der Waals surface area contributed by atoms with Gasteiger partial charge < -0.3 is 10.2 Å². The highest BCUT2D eigenvalue weighted by atomic mass is 16.2. The Morgan fingerprint density at radius 3 is 2.24 bits per heavy atom. The molecule has 0 radical (unpaired) electrons. The molecule has 0 bridgehead atoms. The quantitative estimate of drug-likeness (QED) is 0.712. The minimum absolute atomic E-state index is 0.0286. The van der Waals surface area contributed by atoms with Gasteiger partial charge in [-0.15, -0.1) is 0 Å². The number of nitriles is 2. The third-order valence-electron chi connectivity index (χ3n) is 3.91. The SMILES string of the molecule is CCN(CC(=O)N(CCC#N)CCC#N)C1CCNCC1. The molecule has 1 fully saturated rings. The van der Waals surface area contributed by atoms with E-state index < -0.39 is 0 Å². The fourth-order valence-electron chi connectivity index (χ4n) is 2.68. The molecule has 1 N–H and O–H groups in total. The normalized spacial score (nSPS) is 15.4. The first-order valence-corrected chi connectivity index (χ1v) is 7.69. The predicted molar refractivity (Wildman–Crippen MR) is 80.2 cm³/mol. The number of amides is 1. The van der Waals surface area contributed by atoms with Gasteiger partial charge in [-0.25, -0.2) is 0 Å². The van der Waals surface area contributed by atoms with Crippen LogP contribution in [0.25, 0.3) is 0 Å². The Hall–Kier alpha value is -1.63. The molecule has 0 aromatic rings. The van der Waals surface area contributed by atoms with Crippen molar-refractivity contribution in [2.75, 3.05) is 39.3 Å². The van der Waals surface area contributed by atoms with Gasteiger partial charge in [-0.05, 0) is 32.5 Å². The monoisotopic (exact) mass is 291 g/mol. The van der Waals surface area contributed by atoms with Gasteiger partial charge in [-0.3, -0.25) is 9.69 Å². The first kappa shape index (κ1) is 17.4. The first-order valence-electron chi connectivity index (χ1n) is 7.69. The smallest absolute Gasteiger partial charge is 0.236 e.